The average molecular weight is 343 g/mol. The molecule has 0 bridgehead atoms. The number of hydrogen-bond donors (Lipinski definition) is 1. The van der Waals surface area contributed by atoms with Crippen molar-refractivity contribution in [2.75, 3.05) is 0 Å². The van der Waals surface area contributed by atoms with Gasteiger partial charge in [0.25, 0.3) is 0 Å². The van der Waals surface area contributed by atoms with E-state index in [4.69, 9.17) is 5.73 Å². The molecule has 16 heavy (non-hydrogen) atoms. The second-order valence-electron chi connectivity index (χ2n) is 3.81. The summed E-state index contributed by atoms with van der Waals surface area (Å²) >= 11 is 4.10. The van der Waals surface area contributed by atoms with E-state index in [9.17, 15) is 0 Å². The van der Waals surface area contributed by atoms with Gasteiger partial charge in [0.05, 0.1) is 2.88 Å². The van der Waals surface area contributed by atoms with Gasteiger partial charge in [-0.3, -0.25) is 0 Å². The Labute approximate surface area is 114 Å². The summed E-state index contributed by atoms with van der Waals surface area (Å²) in [7, 11) is 0. The zero-order chi connectivity index (χ0) is 11.4. The molecule has 1 aromatic carbocycles. The van der Waals surface area contributed by atoms with Crippen LogP contribution in [0.5, 0.6) is 0 Å². The summed E-state index contributed by atoms with van der Waals surface area (Å²) in [6.07, 6.45) is 2.06. The van der Waals surface area contributed by atoms with Gasteiger partial charge in [0, 0.05) is 6.04 Å². The van der Waals surface area contributed by atoms with Crippen LogP contribution in [0, 0.1) is 2.88 Å². The Kier molecular flexibility index (Phi) is 4.37. The Hall–Kier alpha value is -0.390. The van der Waals surface area contributed by atoms with Crippen molar-refractivity contribution in [2.45, 2.75) is 18.9 Å². The third-order valence-corrected chi connectivity index (χ3v) is 4.41. The second kappa shape index (κ2) is 5.80. The molecule has 1 nitrogen and oxygen atoms in total. The lowest BCUT2D eigenvalue weighted by molar-refractivity contribution is 0.653. The molecule has 0 fully saturated rings. The normalized spacial score (nSPS) is 12.6. The van der Waals surface area contributed by atoms with E-state index in [1.54, 1.807) is 11.3 Å². The van der Waals surface area contributed by atoms with Crippen LogP contribution in [0.25, 0.3) is 0 Å². The van der Waals surface area contributed by atoms with Crippen molar-refractivity contribution in [1.82, 2.24) is 0 Å². The third-order valence-electron chi connectivity index (χ3n) is 2.60. The highest BCUT2D eigenvalue weighted by Crippen LogP contribution is 2.23. The molecule has 2 aromatic rings. The van der Waals surface area contributed by atoms with Gasteiger partial charge in [0.15, 0.2) is 0 Å². The molecule has 0 saturated carbocycles. The second-order valence-corrected chi connectivity index (χ2v) is 6.62. The number of halogens is 1. The maximum atomic E-state index is 6.16. The van der Waals surface area contributed by atoms with Crippen molar-refractivity contribution >= 4 is 33.9 Å². The third kappa shape index (κ3) is 3.30. The van der Waals surface area contributed by atoms with E-state index in [1.165, 1.54) is 14.0 Å². The average Bonchev–Trinajstić information content (AvgIpc) is 2.74. The van der Waals surface area contributed by atoms with Crippen molar-refractivity contribution in [3.8, 4) is 0 Å². The maximum absolute atomic E-state index is 6.16. The molecule has 0 amide bonds. The minimum Gasteiger partial charge on any atom is -0.324 e. The molecule has 0 radical (unpaired) electrons. The molecule has 2 N–H and O–H groups in total. The molecule has 0 aliphatic heterocycles. The van der Waals surface area contributed by atoms with Crippen LogP contribution in [0.1, 0.15) is 23.6 Å². The Morgan fingerprint density at radius 1 is 1.25 bits per heavy atom. The first-order chi connectivity index (χ1) is 7.75. The highest BCUT2D eigenvalue weighted by atomic mass is 127. The highest BCUT2D eigenvalue weighted by molar-refractivity contribution is 14.1. The molecular weight excluding hydrogens is 329 g/mol. The topological polar surface area (TPSA) is 26.0 Å². The lowest BCUT2D eigenvalue weighted by Gasteiger charge is -2.09. The standard InChI is InChI=1S/C13H14INS/c14-13-8-11(9-16-13)12(15)7-6-10-4-2-1-3-5-10/h1-5,8-9,12H,6-7,15H2. The number of hydrogen-bond acceptors (Lipinski definition) is 2. The van der Waals surface area contributed by atoms with Crippen molar-refractivity contribution < 1.29 is 0 Å². The molecule has 1 unspecified atom stereocenters. The van der Waals surface area contributed by atoms with E-state index in [1.807, 2.05) is 6.07 Å². The first-order valence-electron chi connectivity index (χ1n) is 5.29. The van der Waals surface area contributed by atoms with E-state index in [0.717, 1.165) is 12.8 Å². The number of nitrogens with two attached hydrogens (primary N) is 1. The number of rotatable bonds is 4. The van der Waals surface area contributed by atoms with Gasteiger partial charge in [-0.2, -0.15) is 0 Å². The first kappa shape index (κ1) is 12.1. The largest absolute Gasteiger partial charge is 0.324 e. The van der Waals surface area contributed by atoms with Gasteiger partial charge in [-0.1, -0.05) is 30.3 Å². The summed E-state index contributed by atoms with van der Waals surface area (Å²) in [5, 5.41) is 2.16. The van der Waals surface area contributed by atoms with Crippen LogP contribution in [-0.4, -0.2) is 0 Å². The van der Waals surface area contributed by atoms with E-state index in [2.05, 4.69) is 58.3 Å². The molecule has 84 valence electrons. The quantitative estimate of drug-likeness (QED) is 0.835. The van der Waals surface area contributed by atoms with E-state index in [-0.39, 0.29) is 6.04 Å². The lowest BCUT2D eigenvalue weighted by atomic mass is 10.0. The van der Waals surface area contributed by atoms with Crippen LogP contribution in [0.15, 0.2) is 41.8 Å². The minimum absolute atomic E-state index is 0.167. The van der Waals surface area contributed by atoms with Crippen molar-refractivity contribution in [2.24, 2.45) is 5.73 Å². The van der Waals surface area contributed by atoms with Crippen LogP contribution in [0.2, 0.25) is 0 Å². The molecule has 2 rings (SSSR count). The molecule has 0 saturated heterocycles. The molecule has 0 aliphatic carbocycles. The molecule has 0 aliphatic rings. The Bertz CT molecular complexity index is 438. The first-order valence-corrected chi connectivity index (χ1v) is 7.25. The Morgan fingerprint density at radius 2 is 2.00 bits per heavy atom. The predicted molar refractivity (Wildman–Crippen MR) is 78.7 cm³/mol. The zero-order valence-corrected chi connectivity index (χ0v) is 11.9. The predicted octanol–water partition coefficient (Wildman–Crippen LogP) is 3.99. The van der Waals surface area contributed by atoms with Crippen molar-refractivity contribution in [1.29, 1.82) is 0 Å². The molecule has 3 heteroatoms. The summed E-state index contributed by atoms with van der Waals surface area (Å²) in [6, 6.07) is 12.9. The van der Waals surface area contributed by atoms with Crippen LogP contribution in [0.3, 0.4) is 0 Å². The SMILES string of the molecule is NC(CCc1ccccc1)c1csc(I)c1. The lowest BCUT2D eigenvalue weighted by Crippen LogP contribution is -2.10. The van der Waals surface area contributed by atoms with Gasteiger partial charge in [0.1, 0.15) is 0 Å². The summed E-state index contributed by atoms with van der Waals surface area (Å²) < 4.78 is 1.31. The summed E-state index contributed by atoms with van der Waals surface area (Å²) in [5.41, 5.74) is 8.79. The zero-order valence-electron chi connectivity index (χ0n) is 8.90. The molecule has 1 atom stereocenters. The number of thiophene rings is 1. The van der Waals surface area contributed by atoms with Crippen molar-refractivity contribution in [3.05, 3.63) is 55.8 Å². The van der Waals surface area contributed by atoms with Crippen molar-refractivity contribution in [3.63, 3.8) is 0 Å². The minimum atomic E-state index is 0.167. The van der Waals surface area contributed by atoms with Gasteiger partial charge in [0.2, 0.25) is 0 Å². The summed E-state index contributed by atoms with van der Waals surface area (Å²) in [6.45, 7) is 0. The monoisotopic (exact) mass is 343 g/mol. The molecule has 1 heterocycles. The van der Waals surface area contributed by atoms with Gasteiger partial charge < -0.3 is 5.73 Å². The highest BCUT2D eigenvalue weighted by Gasteiger charge is 2.07. The van der Waals surface area contributed by atoms with Crippen LogP contribution in [-0.2, 0) is 6.42 Å². The fourth-order valence-corrected chi connectivity index (χ4v) is 3.09. The van der Waals surface area contributed by atoms with E-state index >= 15 is 0 Å². The van der Waals surface area contributed by atoms with Gasteiger partial charge in [-0.25, -0.2) is 0 Å². The Balaban J connectivity index is 1.91. The molecule has 0 spiro atoms. The van der Waals surface area contributed by atoms with Crippen LogP contribution < -0.4 is 5.73 Å². The fraction of sp³-hybridized carbons (Fsp3) is 0.231. The van der Waals surface area contributed by atoms with Crippen LogP contribution in [0.4, 0.5) is 0 Å². The molecule has 1 aromatic heterocycles. The van der Waals surface area contributed by atoms with Gasteiger partial charge >= 0.3 is 0 Å². The van der Waals surface area contributed by atoms with Gasteiger partial charge in [-0.15, -0.1) is 11.3 Å². The summed E-state index contributed by atoms with van der Waals surface area (Å²) in [5.74, 6) is 0. The fourth-order valence-electron chi connectivity index (χ4n) is 1.65. The van der Waals surface area contributed by atoms with Crippen LogP contribution >= 0.6 is 33.9 Å². The Morgan fingerprint density at radius 3 is 2.62 bits per heavy atom. The number of aryl methyl sites for hydroxylation is 1. The van der Waals surface area contributed by atoms with Gasteiger partial charge in [-0.05, 0) is 58.0 Å². The molecular formula is C13H14INS. The number of benzene rings is 1. The smallest absolute Gasteiger partial charge is 0.0656 e. The van der Waals surface area contributed by atoms with E-state index in [0.29, 0.717) is 0 Å². The summed E-state index contributed by atoms with van der Waals surface area (Å²) in [4.78, 5) is 0. The maximum Gasteiger partial charge on any atom is 0.0656 e. The van der Waals surface area contributed by atoms with E-state index < -0.39 is 0 Å².